The maximum atomic E-state index is 12.5. The summed E-state index contributed by atoms with van der Waals surface area (Å²) < 4.78 is 12.5. The van der Waals surface area contributed by atoms with Crippen molar-refractivity contribution in [1.29, 1.82) is 0 Å². The van der Waals surface area contributed by atoms with Crippen LogP contribution in [0.25, 0.3) is 0 Å². The number of aliphatic carboxylic acids is 1. The van der Waals surface area contributed by atoms with Crippen molar-refractivity contribution in [3.63, 3.8) is 0 Å². The first kappa shape index (κ1) is 8.71. The van der Waals surface area contributed by atoms with Gasteiger partial charge >= 0.3 is 0 Å². The highest BCUT2D eigenvalue weighted by atomic mass is 19.1. The number of alkyl halides is 1. The lowest BCUT2D eigenvalue weighted by Gasteiger charge is -2.07. The molecule has 0 aromatic heterocycles. The van der Waals surface area contributed by atoms with Crippen LogP contribution >= 0.6 is 0 Å². The Kier molecular flexibility index (Phi) is 2.80. The van der Waals surface area contributed by atoms with Gasteiger partial charge in [-0.2, -0.15) is 0 Å². The minimum Gasteiger partial charge on any atom is -0.547 e. The minimum atomic E-state index is -1.91. The van der Waals surface area contributed by atoms with Gasteiger partial charge in [-0.25, -0.2) is 4.39 Å². The molecular formula is C9H8FO2-. The number of carboxylic acids is 1. The summed E-state index contributed by atoms with van der Waals surface area (Å²) in [5.74, 6) is -1.65. The molecule has 0 aliphatic carbocycles. The molecule has 0 amide bonds. The molecule has 0 bridgehead atoms. The molecule has 2 nitrogen and oxygen atoms in total. The normalized spacial score (nSPS) is 12.4. The number of carbonyl (C=O) groups excluding carboxylic acids is 1. The summed E-state index contributed by atoms with van der Waals surface area (Å²) in [6, 6.07) is 8.61. The molecule has 12 heavy (non-hydrogen) atoms. The predicted octanol–water partition coefficient (Wildman–Crippen LogP) is 0.317. The first-order chi connectivity index (χ1) is 5.70. The van der Waals surface area contributed by atoms with Crippen molar-refractivity contribution in [2.45, 2.75) is 12.6 Å². The maximum absolute atomic E-state index is 12.5. The van der Waals surface area contributed by atoms with Gasteiger partial charge in [-0.1, -0.05) is 30.3 Å². The summed E-state index contributed by atoms with van der Waals surface area (Å²) >= 11 is 0. The lowest BCUT2D eigenvalue weighted by Crippen LogP contribution is -2.33. The number of benzene rings is 1. The molecule has 1 aromatic rings. The van der Waals surface area contributed by atoms with Gasteiger partial charge in [-0.15, -0.1) is 0 Å². The lowest BCUT2D eigenvalue weighted by molar-refractivity contribution is -0.311. The quantitative estimate of drug-likeness (QED) is 0.650. The second-order valence-electron chi connectivity index (χ2n) is 2.48. The Morgan fingerprint density at radius 2 is 2.00 bits per heavy atom. The largest absolute Gasteiger partial charge is 0.547 e. The van der Waals surface area contributed by atoms with Gasteiger partial charge in [0.25, 0.3) is 0 Å². The number of hydrogen-bond donors (Lipinski definition) is 0. The smallest absolute Gasteiger partial charge is 0.143 e. The van der Waals surface area contributed by atoms with Gasteiger partial charge in [0, 0.05) is 6.42 Å². The Hall–Kier alpha value is -1.38. The molecule has 0 fully saturated rings. The Labute approximate surface area is 69.6 Å². The first-order valence-electron chi connectivity index (χ1n) is 3.59. The molecule has 0 heterocycles. The number of carboxylic acid groups (broad SMARTS) is 1. The maximum Gasteiger partial charge on any atom is 0.143 e. The van der Waals surface area contributed by atoms with Gasteiger partial charge < -0.3 is 9.90 Å². The van der Waals surface area contributed by atoms with E-state index in [-0.39, 0.29) is 6.42 Å². The van der Waals surface area contributed by atoms with Crippen molar-refractivity contribution in [1.82, 2.24) is 0 Å². The molecule has 1 aromatic carbocycles. The van der Waals surface area contributed by atoms with E-state index in [1.54, 1.807) is 30.3 Å². The van der Waals surface area contributed by atoms with Gasteiger partial charge in [0.05, 0.1) is 5.97 Å². The molecule has 3 heteroatoms. The Bertz CT molecular complexity index is 258. The second kappa shape index (κ2) is 3.85. The molecular weight excluding hydrogens is 159 g/mol. The van der Waals surface area contributed by atoms with E-state index in [4.69, 9.17) is 0 Å². The second-order valence-corrected chi connectivity index (χ2v) is 2.48. The van der Waals surface area contributed by atoms with Gasteiger partial charge in [0.2, 0.25) is 0 Å². The average Bonchev–Trinajstić information content (AvgIpc) is 2.06. The van der Waals surface area contributed by atoms with E-state index in [9.17, 15) is 14.3 Å². The third kappa shape index (κ3) is 2.34. The highest BCUT2D eigenvalue weighted by molar-refractivity contribution is 5.70. The van der Waals surface area contributed by atoms with Crippen molar-refractivity contribution in [2.24, 2.45) is 0 Å². The molecule has 0 aliphatic heterocycles. The molecule has 1 unspecified atom stereocenters. The summed E-state index contributed by atoms with van der Waals surface area (Å²) in [4.78, 5) is 10.0. The van der Waals surface area contributed by atoms with Crippen LogP contribution in [-0.4, -0.2) is 12.1 Å². The van der Waals surface area contributed by atoms with Crippen LogP contribution in [0.3, 0.4) is 0 Å². The van der Waals surface area contributed by atoms with Crippen LogP contribution in [0.2, 0.25) is 0 Å². The van der Waals surface area contributed by atoms with Crippen LogP contribution in [0.15, 0.2) is 30.3 Å². The van der Waals surface area contributed by atoms with Gasteiger partial charge in [-0.05, 0) is 5.56 Å². The molecule has 0 saturated carbocycles. The van der Waals surface area contributed by atoms with Crippen LogP contribution < -0.4 is 5.11 Å². The summed E-state index contributed by atoms with van der Waals surface area (Å²) in [6.07, 6.45) is -2.03. The number of halogens is 1. The first-order valence-corrected chi connectivity index (χ1v) is 3.59. The summed E-state index contributed by atoms with van der Waals surface area (Å²) in [5.41, 5.74) is 0.661. The number of carbonyl (C=O) groups is 1. The van der Waals surface area contributed by atoms with E-state index >= 15 is 0 Å². The lowest BCUT2D eigenvalue weighted by atomic mass is 10.1. The fourth-order valence-electron chi connectivity index (χ4n) is 0.904. The van der Waals surface area contributed by atoms with Crippen LogP contribution in [0.4, 0.5) is 4.39 Å². The standard InChI is InChI=1S/C9H9FO2/c10-8(9(11)12)6-7-4-2-1-3-5-7/h1-5,8H,6H2,(H,11,12)/p-1. The van der Waals surface area contributed by atoms with E-state index < -0.39 is 12.1 Å². The Balaban J connectivity index is 2.58. The third-order valence-corrected chi connectivity index (χ3v) is 1.51. The van der Waals surface area contributed by atoms with E-state index in [0.717, 1.165) is 0 Å². The van der Waals surface area contributed by atoms with E-state index in [1.165, 1.54) is 0 Å². The third-order valence-electron chi connectivity index (χ3n) is 1.51. The summed E-state index contributed by atoms with van der Waals surface area (Å²) in [6.45, 7) is 0. The van der Waals surface area contributed by atoms with Crippen molar-refractivity contribution in [2.75, 3.05) is 0 Å². The molecule has 0 radical (unpaired) electrons. The number of rotatable bonds is 3. The van der Waals surface area contributed by atoms with E-state index in [0.29, 0.717) is 5.56 Å². The zero-order valence-corrected chi connectivity index (χ0v) is 6.37. The number of hydrogen-bond acceptors (Lipinski definition) is 2. The van der Waals surface area contributed by atoms with Gasteiger partial charge in [-0.3, -0.25) is 0 Å². The van der Waals surface area contributed by atoms with Crippen LogP contribution in [0, 0.1) is 0 Å². The van der Waals surface area contributed by atoms with E-state index in [1.807, 2.05) is 0 Å². The SMILES string of the molecule is O=C([O-])C(F)Cc1ccccc1. The van der Waals surface area contributed by atoms with Gasteiger partial charge in [0.1, 0.15) is 6.17 Å². The predicted molar refractivity (Wildman–Crippen MR) is 40.0 cm³/mol. The van der Waals surface area contributed by atoms with Crippen molar-refractivity contribution < 1.29 is 14.3 Å². The summed E-state index contributed by atoms with van der Waals surface area (Å²) in [7, 11) is 0. The molecule has 0 spiro atoms. The average molecular weight is 167 g/mol. The molecule has 0 N–H and O–H groups in total. The highest BCUT2D eigenvalue weighted by Gasteiger charge is 2.07. The van der Waals surface area contributed by atoms with Gasteiger partial charge in [0.15, 0.2) is 0 Å². The minimum absolute atomic E-state index is 0.122. The highest BCUT2D eigenvalue weighted by Crippen LogP contribution is 2.04. The topological polar surface area (TPSA) is 40.1 Å². The zero-order chi connectivity index (χ0) is 8.97. The molecule has 0 saturated heterocycles. The van der Waals surface area contributed by atoms with Crippen LogP contribution in [0.1, 0.15) is 5.56 Å². The van der Waals surface area contributed by atoms with Crippen molar-refractivity contribution in [3.05, 3.63) is 35.9 Å². The molecule has 64 valence electrons. The monoisotopic (exact) mass is 167 g/mol. The summed E-state index contributed by atoms with van der Waals surface area (Å²) in [5, 5.41) is 10.0. The van der Waals surface area contributed by atoms with Crippen molar-refractivity contribution in [3.8, 4) is 0 Å². The van der Waals surface area contributed by atoms with E-state index in [2.05, 4.69) is 0 Å². The van der Waals surface area contributed by atoms with Crippen LogP contribution in [-0.2, 0) is 11.2 Å². The fourth-order valence-corrected chi connectivity index (χ4v) is 0.904. The Morgan fingerprint density at radius 3 is 2.50 bits per heavy atom. The molecule has 0 aliphatic rings. The Morgan fingerprint density at radius 1 is 1.42 bits per heavy atom. The molecule has 1 rings (SSSR count). The fraction of sp³-hybridized carbons (Fsp3) is 0.222. The van der Waals surface area contributed by atoms with Crippen molar-refractivity contribution >= 4 is 5.97 Å². The van der Waals surface area contributed by atoms with Crippen LogP contribution in [0.5, 0.6) is 0 Å². The zero-order valence-electron chi connectivity index (χ0n) is 6.37. The molecule has 1 atom stereocenters.